The molecular formula is C25H25F2N5OS. The average molecular weight is 482 g/mol. The molecule has 6 nitrogen and oxygen atoms in total. The van der Waals surface area contributed by atoms with E-state index in [1.807, 2.05) is 31.2 Å². The summed E-state index contributed by atoms with van der Waals surface area (Å²) in [5.41, 5.74) is 1.64. The van der Waals surface area contributed by atoms with Gasteiger partial charge in [-0.05, 0) is 44.2 Å². The third kappa shape index (κ3) is 3.88. The molecule has 0 spiro atoms. The predicted octanol–water partition coefficient (Wildman–Crippen LogP) is 4.90. The fraction of sp³-hybridized carbons (Fsp3) is 0.320. The molecule has 2 atom stereocenters. The maximum absolute atomic E-state index is 15.0. The normalized spacial score (nSPS) is 16.6. The van der Waals surface area contributed by atoms with Crippen molar-refractivity contribution in [2.24, 2.45) is 0 Å². The maximum Gasteiger partial charge on any atom is 0.137 e. The minimum atomic E-state index is -0.894. The van der Waals surface area contributed by atoms with Crippen molar-refractivity contribution >= 4 is 11.3 Å². The van der Waals surface area contributed by atoms with Crippen LogP contribution in [0.2, 0.25) is 0 Å². The van der Waals surface area contributed by atoms with Crippen LogP contribution in [0, 0.1) is 11.6 Å². The molecule has 4 aromatic rings. The molecule has 0 saturated carbocycles. The van der Waals surface area contributed by atoms with E-state index in [2.05, 4.69) is 21.9 Å². The smallest absolute Gasteiger partial charge is 0.137 e. The molecule has 9 heteroatoms. The second kappa shape index (κ2) is 8.88. The fourth-order valence-electron chi connectivity index (χ4n) is 4.65. The second-order valence-corrected chi connectivity index (χ2v) is 9.71. The molecule has 2 unspecified atom stereocenters. The number of methoxy groups -OCH3 is 1. The zero-order chi connectivity index (χ0) is 23.9. The number of aromatic nitrogens is 4. The molecule has 34 heavy (non-hydrogen) atoms. The van der Waals surface area contributed by atoms with E-state index in [4.69, 9.17) is 9.72 Å². The number of hydrogen-bond acceptors (Lipinski definition) is 6. The Morgan fingerprint density at radius 3 is 2.62 bits per heavy atom. The Hall–Kier alpha value is -3.17. The Morgan fingerprint density at radius 2 is 1.94 bits per heavy atom. The summed E-state index contributed by atoms with van der Waals surface area (Å²) < 4.78 is 35.6. The van der Waals surface area contributed by atoms with Crippen molar-refractivity contribution in [3.8, 4) is 16.3 Å². The molecule has 0 radical (unpaired) electrons. The standard InChI is InChI=1S/C25H25F2N5OS/c1-16(25(2,32-15-28-14-29-32)20-9-6-18(26)12-21(20)27)31-11-10-22-23(13-31)34-24(30-22)17-4-7-19(33-3)8-5-17/h4-9,12,14-16H,10-11,13H2,1-3H3. The lowest BCUT2D eigenvalue weighted by molar-refractivity contribution is 0.0966. The first-order valence-corrected chi connectivity index (χ1v) is 11.9. The molecule has 176 valence electrons. The Labute approximate surface area is 200 Å². The van der Waals surface area contributed by atoms with Gasteiger partial charge < -0.3 is 4.74 Å². The van der Waals surface area contributed by atoms with E-state index in [1.165, 1.54) is 23.3 Å². The van der Waals surface area contributed by atoms with Gasteiger partial charge >= 0.3 is 0 Å². The first-order chi connectivity index (χ1) is 16.4. The summed E-state index contributed by atoms with van der Waals surface area (Å²) in [4.78, 5) is 12.5. The monoisotopic (exact) mass is 481 g/mol. The summed E-state index contributed by atoms with van der Waals surface area (Å²) >= 11 is 1.68. The number of nitrogens with zero attached hydrogens (tertiary/aromatic N) is 5. The van der Waals surface area contributed by atoms with Crippen LogP contribution in [0.4, 0.5) is 8.78 Å². The van der Waals surface area contributed by atoms with Gasteiger partial charge in [0, 0.05) is 47.6 Å². The van der Waals surface area contributed by atoms with Crippen molar-refractivity contribution in [1.29, 1.82) is 0 Å². The van der Waals surface area contributed by atoms with Crippen molar-refractivity contribution in [3.63, 3.8) is 0 Å². The van der Waals surface area contributed by atoms with E-state index < -0.39 is 17.2 Å². The lowest BCUT2D eigenvalue weighted by atomic mass is 9.83. The van der Waals surface area contributed by atoms with Gasteiger partial charge in [-0.3, -0.25) is 4.90 Å². The summed E-state index contributed by atoms with van der Waals surface area (Å²) in [5, 5.41) is 5.32. The van der Waals surface area contributed by atoms with Crippen molar-refractivity contribution in [2.75, 3.05) is 13.7 Å². The third-order valence-electron chi connectivity index (χ3n) is 6.83. The number of thiazole rings is 1. The number of ether oxygens (including phenoxy) is 1. The van der Waals surface area contributed by atoms with Gasteiger partial charge in [-0.2, -0.15) is 5.10 Å². The molecule has 0 bridgehead atoms. The summed E-state index contributed by atoms with van der Waals surface area (Å²) in [7, 11) is 1.65. The summed E-state index contributed by atoms with van der Waals surface area (Å²) in [6.07, 6.45) is 3.82. The number of fused-ring (bicyclic) bond motifs is 1. The lowest BCUT2D eigenvalue weighted by Gasteiger charge is -2.43. The van der Waals surface area contributed by atoms with Crippen LogP contribution in [0.15, 0.2) is 55.1 Å². The van der Waals surface area contributed by atoms with Crippen LogP contribution < -0.4 is 4.74 Å². The largest absolute Gasteiger partial charge is 0.497 e. The lowest BCUT2D eigenvalue weighted by Crippen LogP contribution is -2.53. The van der Waals surface area contributed by atoms with E-state index >= 15 is 4.39 Å². The Kier molecular flexibility index (Phi) is 5.91. The molecule has 1 aliphatic rings. The molecule has 3 heterocycles. The van der Waals surface area contributed by atoms with E-state index in [0.717, 1.165) is 41.0 Å². The minimum absolute atomic E-state index is 0.158. The van der Waals surface area contributed by atoms with E-state index in [9.17, 15) is 4.39 Å². The van der Waals surface area contributed by atoms with Gasteiger partial charge in [0.05, 0.1) is 12.8 Å². The highest BCUT2D eigenvalue weighted by molar-refractivity contribution is 7.15. The minimum Gasteiger partial charge on any atom is -0.497 e. The number of benzene rings is 2. The van der Waals surface area contributed by atoms with Gasteiger partial charge in [0.1, 0.15) is 40.6 Å². The first kappa shape index (κ1) is 22.6. The molecule has 0 amide bonds. The van der Waals surface area contributed by atoms with E-state index in [1.54, 1.807) is 29.5 Å². The molecule has 0 fully saturated rings. The molecule has 0 N–H and O–H groups in total. The number of hydrogen-bond donors (Lipinski definition) is 0. The van der Waals surface area contributed by atoms with Gasteiger partial charge in [-0.25, -0.2) is 23.4 Å². The molecule has 2 aromatic heterocycles. The topological polar surface area (TPSA) is 56.1 Å². The van der Waals surface area contributed by atoms with Crippen LogP contribution in [0.5, 0.6) is 5.75 Å². The SMILES string of the molecule is COc1ccc(-c2nc3c(s2)CN(C(C)C(C)(c2ccc(F)cc2F)n2cncn2)CC3)cc1. The third-order valence-corrected chi connectivity index (χ3v) is 7.96. The molecule has 1 aliphatic heterocycles. The van der Waals surface area contributed by atoms with E-state index in [0.29, 0.717) is 12.1 Å². The summed E-state index contributed by atoms with van der Waals surface area (Å²) in [5.74, 6) is -0.388. The van der Waals surface area contributed by atoms with Crippen LogP contribution in [-0.2, 0) is 18.5 Å². The predicted molar refractivity (Wildman–Crippen MR) is 127 cm³/mol. The second-order valence-electron chi connectivity index (χ2n) is 8.63. The van der Waals surface area contributed by atoms with Gasteiger partial charge in [0.2, 0.25) is 0 Å². The number of halogens is 2. The van der Waals surface area contributed by atoms with Crippen LogP contribution in [0.1, 0.15) is 30.0 Å². The van der Waals surface area contributed by atoms with Gasteiger partial charge in [0.25, 0.3) is 0 Å². The Bertz CT molecular complexity index is 1290. The Balaban J connectivity index is 1.46. The van der Waals surface area contributed by atoms with Crippen molar-refractivity contribution in [2.45, 2.75) is 38.4 Å². The van der Waals surface area contributed by atoms with Crippen LogP contribution in [0.25, 0.3) is 10.6 Å². The highest BCUT2D eigenvalue weighted by Gasteiger charge is 2.42. The molecule has 2 aromatic carbocycles. The highest BCUT2D eigenvalue weighted by Crippen LogP contribution is 2.38. The van der Waals surface area contributed by atoms with Crippen LogP contribution >= 0.6 is 11.3 Å². The summed E-state index contributed by atoms with van der Waals surface area (Å²) in [6.45, 7) is 5.44. The first-order valence-electron chi connectivity index (χ1n) is 11.1. The van der Waals surface area contributed by atoms with Crippen LogP contribution in [-0.4, -0.2) is 44.3 Å². The Morgan fingerprint density at radius 1 is 1.15 bits per heavy atom. The summed E-state index contributed by atoms with van der Waals surface area (Å²) in [6, 6.07) is 11.5. The van der Waals surface area contributed by atoms with Crippen molar-refractivity contribution in [1.82, 2.24) is 24.6 Å². The molecular weight excluding hydrogens is 456 g/mol. The highest BCUT2D eigenvalue weighted by atomic mass is 32.1. The van der Waals surface area contributed by atoms with E-state index in [-0.39, 0.29) is 6.04 Å². The van der Waals surface area contributed by atoms with Crippen LogP contribution in [0.3, 0.4) is 0 Å². The van der Waals surface area contributed by atoms with Gasteiger partial charge in [0.15, 0.2) is 0 Å². The molecule has 0 aliphatic carbocycles. The van der Waals surface area contributed by atoms with Crippen molar-refractivity contribution in [3.05, 3.63) is 82.9 Å². The zero-order valence-corrected chi connectivity index (χ0v) is 20.0. The van der Waals surface area contributed by atoms with Gasteiger partial charge in [-0.15, -0.1) is 11.3 Å². The fourth-order valence-corrected chi connectivity index (χ4v) is 5.79. The molecule has 5 rings (SSSR count). The maximum atomic E-state index is 15.0. The average Bonchev–Trinajstić information content (AvgIpc) is 3.53. The zero-order valence-electron chi connectivity index (χ0n) is 19.2. The number of rotatable bonds is 6. The molecule has 0 saturated heterocycles. The quantitative estimate of drug-likeness (QED) is 0.392. The van der Waals surface area contributed by atoms with Gasteiger partial charge in [-0.1, -0.05) is 6.07 Å². The van der Waals surface area contributed by atoms with Crippen molar-refractivity contribution < 1.29 is 13.5 Å².